The van der Waals surface area contributed by atoms with Gasteiger partial charge in [0.1, 0.15) is 11.1 Å². The SMILES string of the molecule is Cc1nc(SC(c2ccccc2)c2nc(-c3ccccc3)no2)n[nH]1. The van der Waals surface area contributed by atoms with Gasteiger partial charge in [-0.05, 0) is 12.5 Å². The molecule has 4 aromatic rings. The number of rotatable bonds is 5. The molecular formula is C18H15N5OS. The Morgan fingerprint density at radius 1 is 0.960 bits per heavy atom. The van der Waals surface area contributed by atoms with E-state index in [4.69, 9.17) is 4.52 Å². The maximum absolute atomic E-state index is 5.57. The van der Waals surface area contributed by atoms with E-state index in [2.05, 4.69) is 25.3 Å². The van der Waals surface area contributed by atoms with E-state index >= 15 is 0 Å². The molecule has 0 aliphatic heterocycles. The minimum atomic E-state index is -0.179. The van der Waals surface area contributed by atoms with Gasteiger partial charge in [-0.1, -0.05) is 77.6 Å². The molecular weight excluding hydrogens is 334 g/mol. The molecule has 0 spiro atoms. The highest BCUT2D eigenvalue weighted by Crippen LogP contribution is 2.38. The average Bonchev–Trinajstić information content (AvgIpc) is 3.30. The Morgan fingerprint density at radius 2 is 1.68 bits per heavy atom. The van der Waals surface area contributed by atoms with Gasteiger partial charge in [-0.15, -0.1) is 5.10 Å². The number of hydrogen-bond donors (Lipinski definition) is 1. The van der Waals surface area contributed by atoms with Crippen LogP contribution in [0.4, 0.5) is 0 Å². The first-order chi connectivity index (χ1) is 12.3. The summed E-state index contributed by atoms with van der Waals surface area (Å²) in [5.74, 6) is 1.87. The number of H-pyrrole nitrogens is 1. The summed E-state index contributed by atoms with van der Waals surface area (Å²) in [6, 6.07) is 19.8. The van der Waals surface area contributed by atoms with Crippen LogP contribution < -0.4 is 0 Å². The summed E-state index contributed by atoms with van der Waals surface area (Å²) in [6.07, 6.45) is 0. The van der Waals surface area contributed by atoms with Gasteiger partial charge in [0.2, 0.25) is 16.9 Å². The second kappa shape index (κ2) is 6.90. The summed E-state index contributed by atoms with van der Waals surface area (Å²) in [5.41, 5.74) is 1.97. The zero-order valence-electron chi connectivity index (χ0n) is 13.5. The van der Waals surface area contributed by atoms with Crippen LogP contribution in [0.5, 0.6) is 0 Å². The van der Waals surface area contributed by atoms with E-state index in [0.717, 1.165) is 17.0 Å². The first-order valence-corrected chi connectivity index (χ1v) is 8.67. The molecule has 7 heteroatoms. The number of thioether (sulfide) groups is 1. The van der Waals surface area contributed by atoms with Gasteiger partial charge in [-0.3, -0.25) is 5.10 Å². The van der Waals surface area contributed by atoms with Crippen LogP contribution in [0.15, 0.2) is 70.3 Å². The van der Waals surface area contributed by atoms with E-state index in [1.165, 1.54) is 11.8 Å². The van der Waals surface area contributed by atoms with Crippen molar-refractivity contribution >= 4 is 11.8 Å². The van der Waals surface area contributed by atoms with E-state index in [1.54, 1.807) is 0 Å². The predicted octanol–water partition coefficient (Wildman–Crippen LogP) is 4.04. The molecule has 4 rings (SSSR count). The third-order valence-electron chi connectivity index (χ3n) is 3.60. The lowest BCUT2D eigenvalue weighted by Crippen LogP contribution is -1.98. The molecule has 1 N–H and O–H groups in total. The van der Waals surface area contributed by atoms with Crippen LogP contribution in [-0.4, -0.2) is 25.3 Å². The van der Waals surface area contributed by atoms with Gasteiger partial charge in [-0.2, -0.15) is 4.98 Å². The predicted molar refractivity (Wildman–Crippen MR) is 95.0 cm³/mol. The van der Waals surface area contributed by atoms with Gasteiger partial charge in [-0.25, -0.2) is 4.98 Å². The van der Waals surface area contributed by atoms with Gasteiger partial charge in [0.05, 0.1) is 0 Å². The molecule has 0 radical (unpaired) electrons. The number of aromatic nitrogens is 5. The van der Waals surface area contributed by atoms with E-state index in [1.807, 2.05) is 67.6 Å². The Hall–Kier alpha value is -2.93. The van der Waals surface area contributed by atoms with Crippen LogP contribution in [0.1, 0.15) is 22.5 Å². The number of nitrogens with one attached hydrogen (secondary N) is 1. The molecule has 1 unspecified atom stereocenters. The molecule has 6 nitrogen and oxygen atoms in total. The molecule has 0 saturated carbocycles. The van der Waals surface area contributed by atoms with Crippen molar-refractivity contribution in [3.05, 3.63) is 77.9 Å². The second-order valence-corrected chi connectivity index (χ2v) is 6.51. The van der Waals surface area contributed by atoms with Crippen LogP contribution in [0.2, 0.25) is 0 Å². The van der Waals surface area contributed by atoms with E-state index < -0.39 is 0 Å². The third-order valence-corrected chi connectivity index (χ3v) is 4.70. The monoisotopic (exact) mass is 349 g/mol. The maximum atomic E-state index is 5.57. The number of aryl methyl sites for hydroxylation is 1. The molecule has 1 atom stereocenters. The number of aromatic amines is 1. The van der Waals surface area contributed by atoms with Gasteiger partial charge >= 0.3 is 0 Å². The Bertz CT molecular complexity index is 952. The van der Waals surface area contributed by atoms with Crippen molar-refractivity contribution in [1.29, 1.82) is 0 Å². The molecule has 25 heavy (non-hydrogen) atoms. The summed E-state index contributed by atoms with van der Waals surface area (Å²) in [5, 5.41) is 11.7. The van der Waals surface area contributed by atoms with Crippen LogP contribution in [0, 0.1) is 6.92 Å². The Balaban J connectivity index is 1.70. The fourth-order valence-corrected chi connectivity index (χ4v) is 3.40. The normalized spacial score (nSPS) is 12.2. The first kappa shape index (κ1) is 15.6. The zero-order chi connectivity index (χ0) is 17.1. The second-order valence-electron chi connectivity index (χ2n) is 5.43. The molecule has 0 aliphatic carbocycles. The summed E-state index contributed by atoms with van der Waals surface area (Å²) in [4.78, 5) is 8.97. The van der Waals surface area contributed by atoms with E-state index in [-0.39, 0.29) is 5.25 Å². The first-order valence-electron chi connectivity index (χ1n) is 7.79. The third kappa shape index (κ3) is 3.46. The van der Waals surface area contributed by atoms with Crippen LogP contribution in [-0.2, 0) is 0 Å². The lowest BCUT2D eigenvalue weighted by molar-refractivity contribution is 0.384. The fraction of sp³-hybridized carbons (Fsp3) is 0.111. The number of benzene rings is 2. The van der Waals surface area contributed by atoms with Crippen molar-refractivity contribution in [2.75, 3.05) is 0 Å². The highest BCUT2D eigenvalue weighted by molar-refractivity contribution is 7.99. The van der Waals surface area contributed by atoms with Gasteiger partial charge < -0.3 is 4.52 Å². The van der Waals surface area contributed by atoms with Crippen molar-refractivity contribution in [1.82, 2.24) is 25.3 Å². The fourth-order valence-electron chi connectivity index (χ4n) is 2.42. The molecule has 0 bridgehead atoms. The Labute approximate surface area is 148 Å². The average molecular weight is 349 g/mol. The minimum absolute atomic E-state index is 0.179. The largest absolute Gasteiger partial charge is 0.337 e. The van der Waals surface area contributed by atoms with E-state index in [9.17, 15) is 0 Å². The summed E-state index contributed by atoms with van der Waals surface area (Å²) in [6.45, 7) is 1.87. The van der Waals surface area contributed by atoms with Crippen molar-refractivity contribution < 1.29 is 4.52 Å². The van der Waals surface area contributed by atoms with Crippen LogP contribution in [0.25, 0.3) is 11.4 Å². The molecule has 0 fully saturated rings. The highest BCUT2D eigenvalue weighted by Gasteiger charge is 2.24. The molecule has 0 aliphatic rings. The molecule has 2 aromatic heterocycles. The zero-order valence-corrected chi connectivity index (χ0v) is 14.3. The highest BCUT2D eigenvalue weighted by atomic mass is 32.2. The summed E-state index contributed by atoms with van der Waals surface area (Å²) in [7, 11) is 0. The molecule has 0 saturated heterocycles. The summed E-state index contributed by atoms with van der Waals surface area (Å²) >= 11 is 1.47. The van der Waals surface area contributed by atoms with Gasteiger partial charge in [0, 0.05) is 5.56 Å². The smallest absolute Gasteiger partial charge is 0.245 e. The Morgan fingerprint density at radius 3 is 2.36 bits per heavy atom. The van der Waals surface area contributed by atoms with Crippen LogP contribution in [0.3, 0.4) is 0 Å². The quantitative estimate of drug-likeness (QED) is 0.548. The molecule has 2 heterocycles. The summed E-state index contributed by atoms with van der Waals surface area (Å²) < 4.78 is 5.57. The molecule has 0 amide bonds. The van der Waals surface area contributed by atoms with Gasteiger partial charge in [0.15, 0.2) is 0 Å². The van der Waals surface area contributed by atoms with E-state index in [0.29, 0.717) is 16.9 Å². The van der Waals surface area contributed by atoms with Crippen molar-refractivity contribution in [2.24, 2.45) is 0 Å². The van der Waals surface area contributed by atoms with Crippen molar-refractivity contribution in [3.8, 4) is 11.4 Å². The van der Waals surface area contributed by atoms with Gasteiger partial charge in [0.25, 0.3) is 0 Å². The Kier molecular flexibility index (Phi) is 4.30. The maximum Gasteiger partial charge on any atom is 0.245 e. The number of hydrogen-bond acceptors (Lipinski definition) is 6. The lowest BCUT2D eigenvalue weighted by Gasteiger charge is -2.10. The van der Waals surface area contributed by atoms with Crippen molar-refractivity contribution in [2.45, 2.75) is 17.3 Å². The number of nitrogens with zero attached hydrogens (tertiary/aromatic N) is 4. The standard InChI is InChI=1S/C18H15N5OS/c1-12-19-18(22-21-12)25-15(13-8-4-2-5-9-13)17-20-16(23-24-17)14-10-6-3-7-11-14/h2-11,15H,1H3,(H,19,21,22). The molecule has 2 aromatic carbocycles. The van der Waals surface area contributed by atoms with Crippen molar-refractivity contribution in [3.63, 3.8) is 0 Å². The van der Waals surface area contributed by atoms with Crippen LogP contribution >= 0.6 is 11.8 Å². The molecule has 124 valence electrons. The lowest BCUT2D eigenvalue weighted by atomic mass is 10.1. The topological polar surface area (TPSA) is 80.5 Å². The minimum Gasteiger partial charge on any atom is -0.337 e.